The summed E-state index contributed by atoms with van der Waals surface area (Å²) in [5.74, 6) is 0.849. The van der Waals surface area contributed by atoms with E-state index < -0.39 is 0 Å². The first kappa shape index (κ1) is 42.2. The minimum absolute atomic E-state index is 0.849. The molecule has 0 saturated carbocycles. The first-order valence-electron chi connectivity index (χ1n) is 25.6. The van der Waals surface area contributed by atoms with Crippen molar-refractivity contribution in [2.45, 2.75) is 0 Å². The van der Waals surface area contributed by atoms with E-state index in [0.29, 0.717) is 0 Å². The fourth-order valence-corrected chi connectivity index (χ4v) is 12.0. The minimum atomic E-state index is 0.849. The smallest absolute Gasteiger partial charge is 0.138 e. The van der Waals surface area contributed by atoms with E-state index in [0.717, 1.165) is 128 Å². The molecule has 7 aromatic heterocycles. The molecule has 0 amide bonds. The molecule has 0 unspecified atom stereocenters. The molecule has 7 heterocycles. The third-order valence-electron chi connectivity index (χ3n) is 15.4. The molecule has 16 aromatic rings. The third-order valence-corrected chi connectivity index (χ3v) is 15.4. The van der Waals surface area contributed by atoms with Gasteiger partial charge in [0.1, 0.15) is 17.0 Å². The van der Waals surface area contributed by atoms with Gasteiger partial charge in [-0.15, -0.1) is 0 Å². The lowest BCUT2D eigenvalue weighted by Crippen LogP contribution is -1.98. The molecule has 76 heavy (non-hydrogen) atoms. The molecule has 0 spiro atoms. The van der Waals surface area contributed by atoms with E-state index >= 15 is 0 Å². The van der Waals surface area contributed by atoms with E-state index in [4.69, 9.17) is 9.40 Å². The molecule has 9 aromatic carbocycles. The van der Waals surface area contributed by atoms with Crippen molar-refractivity contribution in [1.29, 1.82) is 0 Å². The average molecular weight is 971 g/mol. The van der Waals surface area contributed by atoms with Gasteiger partial charge in [0, 0.05) is 67.5 Å². The van der Waals surface area contributed by atoms with Gasteiger partial charge >= 0.3 is 0 Å². The van der Waals surface area contributed by atoms with Crippen LogP contribution in [-0.4, -0.2) is 28.7 Å². The lowest BCUT2D eigenvalue weighted by atomic mass is 9.94. The number of hydrogen-bond donors (Lipinski definition) is 0. The highest BCUT2D eigenvalue weighted by Gasteiger charge is 2.21. The normalized spacial score (nSPS) is 11.9. The average Bonchev–Trinajstić information content (AvgIpc) is 4.25. The van der Waals surface area contributed by atoms with E-state index in [2.05, 4.69) is 230 Å². The Morgan fingerprint density at radius 3 is 1.59 bits per heavy atom. The highest BCUT2D eigenvalue weighted by molar-refractivity contribution is 6.14. The van der Waals surface area contributed by atoms with Gasteiger partial charge in [-0.25, -0.2) is 4.98 Å². The Morgan fingerprint density at radius 1 is 0.289 bits per heavy atom. The number of benzene rings is 9. The quantitative estimate of drug-likeness (QED) is 0.160. The van der Waals surface area contributed by atoms with Gasteiger partial charge in [-0.05, 0) is 148 Å². The largest absolute Gasteiger partial charge is 0.456 e. The molecule has 7 heteroatoms. The summed E-state index contributed by atoms with van der Waals surface area (Å²) >= 11 is 0. The number of aromatic nitrogens is 6. The zero-order valence-electron chi connectivity index (χ0n) is 40.8. The van der Waals surface area contributed by atoms with Crippen molar-refractivity contribution >= 4 is 87.5 Å². The SMILES string of the molecule is c1cc(-c2ccc3oc4ccccc4c3c2)cc(-c2ccc3c(c2)c2ccccc2n3-c2ccc3c(c2)c2nc(-n4c5ccccc5c5cc(-c6ccccc6-c6cccnc6)ccc54)ccc2n3-c2cccnc2)c1. The fourth-order valence-electron chi connectivity index (χ4n) is 12.0. The Morgan fingerprint density at radius 2 is 0.829 bits per heavy atom. The molecular formula is C69H42N6O. The number of furan rings is 1. The van der Waals surface area contributed by atoms with Crippen LogP contribution in [0, 0.1) is 0 Å². The summed E-state index contributed by atoms with van der Waals surface area (Å²) in [5.41, 5.74) is 20.5. The Balaban J connectivity index is 0.845. The molecule has 0 N–H and O–H groups in total. The summed E-state index contributed by atoms with van der Waals surface area (Å²) in [4.78, 5) is 14.7. The lowest BCUT2D eigenvalue weighted by Gasteiger charge is -2.11. The molecule has 0 radical (unpaired) electrons. The van der Waals surface area contributed by atoms with E-state index in [1.807, 2.05) is 49.1 Å². The van der Waals surface area contributed by atoms with E-state index in [9.17, 15) is 0 Å². The van der Waals surface area contributed by atoms with Gasteiger partial charge in [-0.2, -0.15) is 0 Å². The van der Waals surface area contributed by atoms with Crippen LogP contribution >= 0.6 is 0 Å². The van der Waals surface area contributed by atoms with Crippen molar-refractivity contribution in [3.05, 3.63) is 255 Å². The van der Waals surface area contributed by atoms with Crippen molar-refractivity contribution in [1.82, 2.24) is 28.7 Å². The monoisotopic (exact) mass is 970 g/mol. The van der Waals surface area contributed by atoms with Crippen LogP contribution in [0.3, 0.4) is 0 Å². The van der Waals surface area contributed by atoms with Crippen molar-refractivity contribution in [3.8, 4) is 61.7 Å². The number of nitrogens with zero attached hydrogens (tertiary/aromatic N) is 6. The van der Waals surface area contributed by atoms with Gasteiger partial charge < -0.3 is 13.6 Å². The first-order valence-corrected chi connectivity index (χ1v) is 25.6. The highest BCUT2D eigenvalue weighted by Crippen LogP contribution is 2.42. The predicted octanol–water partition coefficient (Wildman–Crippen LogP) is 17.7. The second-order valence-corrected chi connectivity index (χ2v) is 19.6. The van der Waals surface area contributed by atoms with Gasteiger partial charge in [-0.3, -0.25) is 14.5 Å². The maximum Gasteiger partial charge on any atom is 0.138 e. The molecule has 7 nitrogen and oxygen atoms in total. The summed E-state index contributed by atoms with van der Waals surface area (Å²) in [6.45, 7) is 0. The van der Waals surface area contributed by atoms with E-state index in [-0.39, 0.29) is 0 Å². The third kappa shape index (κ3) is 6.46. The molecule has 0 aliphatic heterocycles. The summed E-state index contributed by atoms with van der Waals surface area (Å²) in [7, 11) is 0. The maximum absolute atomic E-state index is 6.17. The predicted molar refractivity (Wildman–Crippen MR) is 312 cm³/mol. The van der Waals surface area contributed by atoms with Gasteiger partial charge in [0.25, 0.3) is 0 Å². The van der Waals surface area contributed by atoms with Crippen molar-refractivity contribution < 1.29 is 4.42 Å². The Bertz CT molecular complexity index is 5000. The fraction of sp³-hybridized carbons (Fsp3) is 0. The summed E-state index contributed by atoms with van der Waals surface area (Å²) in [5, 5.41) is 8.03. The van der Waals surface area contributed by atoms with Crippen LogP contribution in [0.2, 0.25) is 0 Å². The van der Waals surface area contributed by atoms with Crippen LogP contribution < -0.4 is 0 Å². The zero-order valence-corrected chi connectivity index (χ0v) is 40.8. The van der Waals surface area contributed by atoms with Crippen LogP contribution in [-0.2, 0) is 0 Å². The zero-order chi connectivity index (χ0) is 49.8. The Labute approximate surface area is 435 Å². The van der Waals surface area contributed by atoms with Gasteiger partial charge in [0.2, 0.25) is 0 Å². The summed E-state index contributed by atoms with van der Waals surface area (Å²) in [6.07, 6.45) is 7.51. The highest BCUT2D eigenvalue weighted by atomic mass is 16.3. The number of fused-ring (bicyclic) bond motifs is 12. The molecule has 0 fully saturated rings. The number of hydrogen-bond acceptors (Lipinski definition) is 4. The molecule has 0 saturated heterocycles. The van der Waals surface area contributed by atoms with Gasteiger partial charge in [0.15, 0.2) is 0 Å². The van der Waals surface area contributed by atoms with Crippen LogP contribution in [0.4, 0.5) is 0 Å². The summed E-state index contributed by atoms with van der Waals surface area (Å²) in [6, 6.07) is 82.8. The molecule has 0 aliphatic rings. The molecule has 0 atom stereocenters. The second-order valence-electron chi connectivity index (χ2n) is 19.6. The number of para-hydroxylation sites is 3. The molecule has 354 valence electrons. The number of rotatable bonds is 7. The lowest BCUT2D eigenvalue weighted by molar-refractivity contribution is 0.669. The molecule has 16 rings (SSSR count). The minimum Gasteiger partial charge on any atom is -0.456 e. The van der Waals surface area contributed by atoms with E-state index in [1.54, 1.807) is 0 Å². The van der Waals surface area contributed by atoms with E-state index in [1.165, 1.54) is 21.5 Å². The Hall–Kier alpha value is -10.4. The van der Waals surface area contributed by atoms with Crippen LogP contribution in [0.15, 0.2) is 260 Å². The van der Waals surface area contributed by atoms with Gasteiger partial charge in [-0.1, -0.05) is 121 Å². The summed E-state index contributed by atoms with van der Waals surface area (Å²) < 4.78 is 13.2. The van der Waals surface area contributed by atoms with Crippen LogP contribution in [0.1, 0.15) is 0 Å². The molecule has 0 bridgehead atoms. The second kappa shape index (κ2) is 16.6. The molecule has 0 aliphatic carbocycles. The van der Waals surface area contributed by atoms with Crippen LogP contribution in [0.5, 0.6) is 0 Å². The topological polar surface area (TPSA) is 66.6 Å². The molecular weight excluding hydrogens is 929 g/mol. The van der Waals surface area contributed by atoms with Crippen molar-refractivity contribution in [3.63, 3.8) is 0 Å². The van der Waals surface area contributed by atoms with Crippen molar-refractivity contribution in [2.24, 2.45) is 0 Å². The maximum atomic E-state index is 6.17. The first-order chi connectivity index (χ1) is 37.7. The van der Waals surface area contributed by atoms with Crippen LogP contribution in [0.25, 0.3) is 149 Å². The van der Waals surface area contributed by atoms with Gasteiger partial charge in [0.05, 0.1) is 50.5 Å². The standard InChI is InChI=1S/C69H42N6O/c1-2-17-52(48-14-10-34-70-41-48)51(16-1)47-25-29-63-57(39-47)54-19-4-7-22-61(54)75(63)68-33-31-65-69(72-68)59-40-49(27-30-64(59)74(65)50-15-11-35-71-42-50)73-60-21-6-3-18-53(60)56-37-45(24-28-62(56)73)43-12-9-13-44(36-43)46-26-32-67-58(38-46)55-20-5-8-23-66(55)76-67/h1-42H. The van der Waals surface area contributed by atoms with Crippen molar-refractivity contribution in [2.75, 3.05) is 0 Å². The number of pyridine rings is 3. The Kier molecular flexibility index (Phi) is 9.20.